The first kappa shape index (κ1) is 15.1. The Labute approximate surface area is 125 Å². The number of amides is 1. The van der Waals surface area contributed by atoms with Crippen molar-refractivity contribution in [2.75, 3.05) is 0 Å². The molecule has 2 rings (SSSR count). The zero-order chi connectivity index (χ0) is 15.4. The second-order valence-corrected chi connectivity index (χ2v) is 5.46. The molecule has 1 amide bonds. The summed E-state index contributed by atoms with van der Waals surface area (Å²) in [7, 11) is 0. The van der Waals surface area contributed by atoms with E-state index in [1.165, 1.54) is 23.5 Å². The van der Waals surface area contributed by atoms with Gasteiger partial charge in [0.25, 0.3) is 5.69 Å². The molecule has 7 heteroatoms. The van der Waals surface area contributed by atoms with Crippen LogP contribution in [0.2, 0.25) is 0 Å². The van der Waals surface area contributed by atoms with Crippen LogP contribution in [-0.2, 0) is 11.3 Å². The van der Waals surface area contributed by atoms with Crippen LogP contribution < -0.4 is 4.80 Å². The van der Waals surface area contributed by atoms with E-state index in [-0.39, 0.29) is 11.6 Å². The normalized spacial score (nSPS) is 11.8. The number of hydrogen-bond acceptors (Lipinski definition) is 4. The molecule has 0 fully saturated rings. The first-order chi connectivity index (χ1) is 10.1. The summed E-state index contributed by atoms with van der Waals surface area (Å²) in [6.45, 7) is 6.04. The molecule has 2 aromatic rings. The van der Waals surface area contributed by atoms with Gasteiger partial charge in [-0.25, -0.2) is 0 Å². The van der Waals surface area contributed by atoms with Crippen LogP contribution in [-0.4, -0.2) is 15.4 Å². The number of rotatable bonds is 5. The Balaban J connectivity index is 2.65. The van der Waals surface area contributed by atoms with E-state index in [1.807, 2.05) is 6.92 Å². The largest absolute Gasteiger partial charge is 0.312 e. The molecule has 21 heavy (non-hydrogen) atoms. The van der Waals surface area contributed by atoms with Crippen LogP contribution in [0.1, 0.15) is 19.8 Å². The first-order valence-electron chi connectivity index (χ1n) is 6.53. The van der Waals surface area contributed by atoms with Crippen molar-refractivity contribution in [2.24, 2.45) is 4.99 Å². The van der Waals surface area contributed by atoms with E-state index in [4.69, 9.17) is 0 Å². The molecule has 1 aromatic heterocycles. The Kier molecular flexibility index (Phi) is 4.64. The molecule has 0 unspecified atom stereocenters. The van der Waals surface area contributed by atoms with Crippen molar-refractivity contribution in [1.29, 1.82) is 0 Å². The molecule has 0 aliphatic heterocycles. The predicted octanol–water partition coefficient (Wildman–Crippen LogP) is 3.02. The number of hydrogen-bond donors (Lipinski definition) is 0. The molecule has 1 heterocycles. The van der Waals surface area contributed by atoms with E-state index in [0.717, 1.165) is 11.1 Å². The van der Waals surface area contributed by atoms with Crippen molar-refractivity contribution in [3.63, 3.8) is 0 Å². The van der Waals surface area contributed by atoms with Crippen LogP contribution in [0.5, 0.6) is 0 Å². The Morgan fingerprint density at radius 3 is 2.95 bits per heavy atom. The topological polar surface area (TPSA) is 77.5 Å². The highest BCUT2D eigenvalue weighted by atomic mass is 32.1. The number of carbonyl (C=O) groups excluding carboxylic acids is 1. The Bertz CT molecular complexity index is 773. The molecule has 0 saturated carbocycles. The zero-order valence-electron chi connectivity index (χ0n) is 11.6. The number of benzene rings is 1. The lowest BCUT2D eigenvalue weighted by molar-refractivity contribution is -0.384. The summed E-state index contributed by atoms with van der Waals surface area (Å²) < 4.78 is 2.62. The monoisotopic (exact) mass is 305 g/mol. The number of thiazole rings is 1. The van der Waals surface area contributed by atoms with Gasteiger partial charge in [-0.3, -0.25) is 14.9 Å². The molecule has 0 N–H and O–H groups in total. The summed E-state index contributed by atoms with van der Waals surface area (Å²) in [4.78, 5) is 26.8. The van der Waals surface area contributed by atoms with E-state index in [9.17, 15) is 14.9 Å². The van der Waals surface area contributed by atoms with Crippen molar-refractivity contribution in [2.45, 2.75) is 26.3 Å². The van der Waals surface area contributed by atoms with Crippen molar-refractivity contribution in [3.8, 4) is 0 Å². The van der Waals surface area contributed by atoms with Crippen molar-refractivity contribution in [1.82, 2.24) is 4.57 Å². The Morgan fingerprint density at radius 2 is 2.33 bits per heavy atom. The lowest BCUT2D eigenvalue weighted by Gasteiger charge is -2.00. The van der Waals surface area contributed by atoms with Crippen LogP contribution in [0, 0.1) is 10.1 Å². The number of nitro groups is 1. The molecule has 1 aromatic carbocycles. The SMILES string of the molecule is C=CCn1c(=NC(=O)CCC)sc2ccc([N+](=O)[O-])cc21. The maximum Gasteiger partial charge on any atom is 0.271 e. The maximum absolute atomic E-state index is 11.7. The second kappa shape index (κ2) is 6.45. The van der Waals surface area contributed by atoms with Crippen molar-refractivity contribution < 1.29 is 9.72 Å². The van der Waals surface area contributed by atoms with E-state index >= 15 is 0 Å². The lowest BCUT2D eigenvalue weighted by atomic mass is 10.3. The summed E-state index contributed by atoms with van der Waals surface area (Å²) in [6, 6.07) is 4.63. The van der Waals surface area contributed by atoms with Crippen molar-refractivity contribution >= 4 is 33.1 Å². The van der Waals surface area contributed by atoms with Gasteiger partial charge in [-0.2, -0.15) is 4.99 Å². The summed E-state index contributed by atoms with van der Waals surface area (Å²) in [5.74, 6) is -0.184. The molecule has 110 valence electrons. The molecule has 0 spiro atoms. The number of fused-ring (bicyclic) bond motifs is 1. The van der Waals surface area contributed by atoms with Gasteiger partial charge >= 0.3 is 0 Å². The van der Waals surface area contributed by atoms with Gasteiger partial charge in [0.05, 0.1) is 15.1 Å². The van der Waals surface area contributed by atoms with Crippen LogP contribution >= 0.6 is 11.3 Å². The van der Waals surface area contributed by atoms with Gasteiger partial charge < -0.3 is 4.57 Å². The maximum atomic E-state index is 11.7. The van der Waals surface area contributed by atoms with Gasteiger partial charge in [0, 0.05) is 25.1 Å². The minimum absolute atomic E-state index is 0.0181. The number of aromatic nitrogens is 1. The molecule has 0 aliphatic rings. The highest BCUT2D eigenvalue weighted by Crippen LogP contribution is 2.23. The van der Waals surface area contributed by atoms with E-state index < -0.39 is 4.92 Å². The third-order valence-electron chi connectivity index (χ3n) is 2.87. The van der Waals surface area contributed by atoms with Gasteiger partial charge in [0.15, 0.2) is 4.80 Å². The number of allylic oxidation sites excluding steroid dienone is 1. The molecule has 0 bridgehead atoms. The highest BCUT2D eigenvalue weighted by molar-refractivity contribution is 7.16. The van der Waals surface area contributed by atoms with Gasteiger partial charge in [0.2, 0.25) is 5.91 Å². The molecule has 0 aliphatic carbocycles. The smallest absolute Gasteiger partial charge is 0.271 e. The average Bonchev–Trinajstić information content (AvgIpc) is 2.76. The lowest BCUT2D eigenvalue weighted by Crippen LogP contribution is -2.16. The second-order valence-electron chi connectivity index (χ2n) is 4.45. The zero-order valence-corrected chi connectivity index (χ0v) is 12.4. The average molecular weight is 305 g/mol. The highest BCUT2D eigenvalue weighted by Gasteiger charge is 2.12. The molecule has 6 nitrogen and oxygen atoms in total. The quantitative estimate of drug-likeness (QED) is 0.484. The Hall–Kier alpha value is -2.28. The minimum atomic E-state index is -0.436. The summed E-state index contributed by atoms with van der Waals surface area (Å²) >= 11 is 1.34. The van der Waals surface area contributed by atoms with Crippen LogP contribution in [0.15, 0.2) is 35.8 Å². The standard InChI is InChI=1S/C14H15N3O3S/c1-3-5-13(18)15-14-16(8-4-2)11-9-10(17(19)20)6-7-12(11)21-14/h4,6-7,9H,2-3,5,8H2,1H3. The van der Waals surface area contributed by atoms with E-state index in [0.29, 0.717) is 23.3 Å². The van der Waals surface area contributed by atoms with Gasteiger partial charge in [-0.1, -0.05) is 24.3 Å². The fraction of sp³-hybridized carbons (Fsp3) is 0.286. The van der Waals surface area contributed by atoms with Crippen LogP contribution in [0.25, 0.3) is 10.2 Å². The van der Waals surface area contributed by atoms with Gasteiger partial charge in [-0.15, -0.1) is 6.58 Å². The molecule has 0 atom stereocenters. The summed E-state index contributed by atoms with van der Waals surface area (Å²) in [5, 5.41) is 10.9. The predicted molar refractivity (Wildman–Crippen MR) is 82.1 cm³/mol. The molecule has 0 radical (unpaired) electrons. The van der Waals surface area contributed by atoms with Crippen molar-refractivity contribution in [3.05, 3.63) is 45.8 Å². The first-order valence-corrected chi connectivity index (χ1v) is 7.34. The number of non-ortho nitro benzene ring substituents is 1. The Morgan fingerprint density at radius 1 is 1.57 bits per heavy atom. The molecular weight excluding hydrogens is 290 g/mol. The summed E-state index contributed by atoms with van der Waals surface area (Å²) in [6.07, 6.45) is 2.80. The molecular formula is C14H15N3O3S. The fourth-order valence-electron chi connectivity index (χ4n) is 1.94. The number of nitrogens with zero attached hydrogens (tertiary/aromatic N) is 3. The minimum Gasteiger partial charge on any atom is -0.312 e. The van der Waals surface area contributed by atoms with E-state index in [2.05, 4.69) is 11.6 Å². The van der Waals surface area contributed by atoms with Gasteiger partial charge in [-0.05, 0) is 12.5 Å². The van der Waals surface area contributed by atoms with Crippen LogP contribution in [0.3, 0.4) is 0 Å². The van der Waals surface area contributed by atoms with Crippen LogP contribution in [0.4, 0.5) is 5.69 Å². The number of carbonyl (C=O) groups is 1. The number of nitro benzene ring substituents is 1. The molecule has 0 saturated heterocycles. The van der Waals surface area contributed by atoms with E-state index in [1.54, 1.807) is 16.7 Å². The third kappa shape index (κ3) is 3.25. The fourth-order valence-corrected chi connectivity index (χ4v) is 2.98. The third-order valence-corrected chi connectivity index (χ3v) is 3.93. The summed E-state index contributed by atoms with van der Waals surface area (Å²) in [5.41, 5.74) is 0.710. The van der Waals surface area contributed by atoms with Gasteiger partial charge in [0.1, 0.15) is 0 Å².